The lowest BCUT2D eigenvalue weighted by Crippen LogP contribution is -2.14. The lowest BCUT2D eigenvalue weighted by atomic mass is 10.2. The maximum Gasteiger partial charge on any atom is 0.234 e. The molecule has 0 spiro atoms. The smallest absolute Gasteiger partial charge is 0.234 e. The Bertz CT molecular complexity index is 573. The number of nitrogens with zero attached hydrogens (tertiary/aromatic N) is 1. The van der Waals surface area contributed by atoms with Gasteiger partial charge in [-0.25, -0.2) is 0 Å². The Morgan fingerprint density at radius 1 is 1.33 bits per heavy atom. The molecule has 1 N–H and O–H groups in total. The third-order valence-corrected chi connectivity index (χ3v) is 4.29. The summed E-state index contributed by atoms with van der Waals surface area (Å²) in [6.45, 7) is 0. The summed E-state index contributed by atoms with van der Waals surface area (Å²) in [5.41, 5.74) is 1.05. The first kappa shape index (κ1) is 12.7. The van der Waals surface area contributed by atoms with Crippen LogP contribution in [0.25, 0.3) is 0 Å². The van der Waals surface area contributed by atoms with Crippen molar-refractivity contribution in [1.29, 1.82) is 5.26 Å². The molecule has 0 atom stereocenters. The SMILES string of the molecule is N#Cc1ccccc1NC(=O)CSc1cccs1. The monoisotopic (exact) mass is 274 g/mol. The van der Waals surface area contributed by atoms with Gasteiger partial charge in [-0.15, -0.1) is 23.1 Å². The van der Waals surface area contributed by atoms with Gasteiger partial charge in [-0.3, -0.25) is 4.79 Å². The number of nitriles is 1. The van der Waals surface area contributed by atoms with Gasteiger partial charge in [-0.1, -0.05) is 18.2 Å². The molecule has 0 radical (unpaired) electrons. The third-order valence-electron chi connectivity index (χ3n) is 2.16. The summed E-state index contributed by atoms with van der Waals surface area (Å²) in [6, 6.07) is 13.0. The van der Waals surface area contributed by atoms with Crippen LogP contribution in [0, 0.1) is 11.3 Å². The van der Waals surface area contributed by atoms with Crippen LogP contribution >= 0.6 is 23.1 Å². The number of thioether (sulfide) groups is 1. The first-order chi connectivity index (χ1) is 8.79. The van der Waals surface area contributed by atoms with Crippen molar-refractivity contribution in [3.05, 3.63) is 47.3 Å². The second-order valence-electron chi connectivity index (χ2n) is 3.43. The molecule has 2 aromatic rings. The van der Waals surface area contributed by atoms with Crippen LogP contribution in [0.15, 0.2) is 46.0 Å². The zero-order valence-electron chi connectivity index (χ0n) is 9.42. The molecule has 0 fully saturated rings. The van der Waals surface area contributed by atoms with E-state index in [0.29, 0.717) is 17.0 Å². The molecule has 0 aliphatic carbocycles. The molecule has 0 aliphatic rings. The summed E-state index contributed by atoms with van der Waals surface area (Å²) < 4.78 is 1.11. The van der Waals surface area contributed by atoms with E-state index in [2.05, 4.69) is 11.4 Å². The summed E-state index contributed by atoms with van der Waals surface area (Å²) >= 11 is 3.10. The highest BCUT2D eigenvalue weighted by molar-refractivity contribution is 8.01. The van der Waals surface area contributed by atoms with Gasteiger partial charge in [0.25, 0.3) is 0 Å². The Hall–Kier alpha value is -1.77. The van der Waals surface area contributed by atoms with Crippen molar-refractivity contribution in [1.82, 2.24) is 0 Å². The lowest BCUT2D eigenvalue weighted by Gasteiger charge is -2.05. The van der Waals surface area contributed by atoms with E-state index in [1.807, 2.05) is 17.5 Å². The van der Waals surface area contributed by atoms with Crippen molar-refractivity contribution < 1.29 is 4.79 Å². The number of rotatable bonds is 4. The largest absolute Gasteiger partial charge is 0.324 e. The summed E-state index contributed by atoms with van der Waals surface area (Å²) in [5, 5.41) is 13.6. The Kier molecular flexibility index (Phi) is 4.40. The minimum Gasteiger partial charge on any atom is -0.324 e. The van der Waals surface area contributed by atoms with Crippen LogP contribution in [0.5, 0.6) is 0 Å². The first-order valence-electron chi connectivity index (χ1n) is 5.25. The van der Waals surface area contributed by atoms with Crippen molar-refractivity contribution in [3.63, 3.8) is 0 Å². The molecule has 0 saturated carbocycles. The fourth-order valence-corrected chi connectivity index (χ4v) is 2.94. The average molecular weight is 274 g/mol. The van der Waals surface area contributed by atoms with E-state index in [1.54, 1.807) is 35.6 Å². The minimum absolute atomic E-state index is 0.101. The van der Waals surface area contributed by atoms with E-state index in [1.165, 1.54) is 11.8 Å². The second-order valence-corrected chi connectivity index (χ2v) is 5.65. The normalized spacial score (nSPS) is 9.72. The number of carbonyl (C=O) groups is 1. The number of nitrogens with one attached hydrogen (secondary N) is 1. The highest BCUT2D eigenvalue weighted by Crippen LogP contribution is 2.23. The van der Waals surface area contributed by atoms with Gasteiger partial charge < -0.3 is 5.32 Å². The maximum absolute atomic E-state index is 11.7. The number of benzene rings is 1. The number of thiophene rings is 1. The van der Waals surface area contributed by atoms with Gasteiger partial charge in [0.15, 0.2) is 0 Å². The second kappa shape index (κ2) is 6.24. The van der Waals surface area contributed by atoms with Gasteiger partial charge >= 0.3 is 0 Å². The van der Waals surface area contributed by atoms with Crippen LogP contribution in [-0.4, -0.2) is 11.7 Å². The standard InChI is InChI=1S/C13H10N2OS2/c14-8-10-4-1-2-5-11(10)15-12(16)9-18-13-6-3-7-17-13/h1-7H,9H2,(H,15,16). The summed E-state index contributed by atoms with van der Waals surface area (Å²) in [4.78, 5) is 11.7. The van der Waals surface area contributed by atoms with Crippen LogP contribution in [0.2, 0.25) is 0 Å². The maximum atomic E-state index is 11.7. The van der Waals surface area contributed by atoms with Crippen molar-refractivity contribution in [2.24, 2.45) is 0 Å². The molecular weight excluding hydrogens is 264 g/mol. The molecule has 5 heteroatoms. The minimum atomic E-state index is -0.101. The molecule has 1 aromatic carbocycles. The topological polar surface area (TPSA) is 52.9 Å². The molecule has 1 heterocycles. The predicted octanol–water partition coefficient (Wildman–Crippen LogP) is 3.35. The van der Waals surface area contributed by atoms with Crippen LogP contribution in [0.3, 0.4) is 0 Å². The van der Waals surface area contributed by atoms with Crippen molar-refractivity contribution in [3.8, 4) is 6.07 Å². The van der Waals surface area contributed by atoms with E-state index in [0.717, 1.165) is 4.21 Å². The molecule has 0 aliphatic heterocycles. The predicted molar refractivity (Wildman–Crippen MR) is 74.8 cm³/mol. The van der Waals surface area contributed by atoms with Gasteiger partial charge in [0.1, 0.15) is 6.07 Å². The van der Waals surface area contributed by atoms with Crippen LogP contribution in [0.1, 0.15) is 5.56 Å². The van der Waals surface area contributed by atoms with Crippen LogP contribution in [0.4, 0.5) is 5.69 Å². The van der Waals surface area contributed by atoms with Gasteiger partial charge in [-0.2, -0.15) is 5.26 Å². The first-order valence-corrected chi connectivity index (χ1v) is 7.11. The van der Waals surface area contributed by atoms with Gasteiger partial charge in [-0.05, 0) is 23.6 Å². The Labute approximate surface area is 113 Å². The van der Waals surface area contributed by atoms with Crippen molar-refractivity contribution in [2.75, 3.05) is 11.1 Å². The molecule has 1 aromatic heterocycles. The molecule has 18 heavy (non-hydrogen) atoms. The van der Waals surface area contributed by atoms with Crippen LogP contribution in [-0.2, 0) is 4.79 Å². The lowest BCUT2D eigenvalue weighted by molar-refractivity contribution is -0.113. The number of amides is 1. The molecule has 3 nitrogen and oxygen atoms in total. The summed E-state index contributed by atoms with van der Waals surface area (Å²) in [7, 11) is 0. The number of carbonyl (C=O) groups excluding carboxylic acids is 1. The van der Waals surface area contributed by atoms with E-state index >= 15 is 0 Å². The van der Waals surface area contributed by atoms with Gasteiger partial charge in [0, 0.05) is 0 Å². The summed E-state index contributed by atoms with van der Waals surface area (Å²) in [6.07, 6.45) is 0. The van der Waals surface area contributed by atoms with Crippen LogP contribution < -0.4 is 5.32 Å². The molecular formula is C13H10N2OS2. The fourth-order valence-electron chi connectivity index (χ4n) is 1.36. The van der Waals surface area contributed by atoms with Gasteiger partial charge in [0.2, 0.25) is 5.91 Å². The summed E-state index contributed by atoms with van der Waals surface area (Å²) in [5.74, 6) is 0.247. The molecule has 0 saturated heterocycles. The Morgan fingerprint density at radius 2 is 2.17 bits per heavy atom. The van der Waals surface area contributed by atoms with Gasteiger partial charge in [0.05, 0.1) is 21.2 Å². The molecule has 0 bridgehead atoms. The quantitative estimate of drug-likeness (QED) is 0.870. The van der Waals surface area contributed by atoms with E-state index in [9.17, 15) is 4.79 Å². The Morgan fingerprint density at radius 3 is 2.89 bits per heavy atom. The molecule has 1 amide bonds. The highest BCUT2D eigenvalue weighted by atomic mass is 32.2. The van der Waals surface area contributed by atoms with E-state index in [4.69, 9.17) is 5.26 Å². The van der Waals surface area contributed by atoms with E-state index < -0.39 is 0 Å². The zero-order valence-corrected chi connectivity index (χ0v) is 11.1. The molecule has 0 unspecified atom stereocenters. The Balaban J connectivity index is 1.93. The number of hydrogen-bond acceptors (Lipinski definition) is 4. The fraction of sp³-hybridized carbons (Fsp3) is 0.0769. The molecule has 2 rings (SSSR count). The number of anilines is 1. The third kappa shape index (κ3) is 3.36. The van der Waals surface area contributed by atoms with E-state index in [-0.39, 0.29) is 5.91 Å². The average Bonchev–Trinajstić information content (AvgIpc) is 2.90. The molecule has 90 valence electrons. The van der Waals surface area contributed by atoms with Crippen molar-refractivity contribution in [2.45, 2.75) is 4.21 Å². The number of para-hydroxylation sites is 1. The highest BCUT2D eigenvalue weighted by Gasteiger charge is 2.07. The zero-order chi connectivity index (χ0) is 12.8. The number of hydrogen-bond donors (Lipinski definition) is 1. The van der Waals surface area contributed by atoms with Crippen molar-refractivity contribution >= 4 is 34.7 Å².